The SMILES string of the molecule is CC(C=O)c1ccc(I)c(CO)c1. The number of rotatable bonds is 3. The van der Waals surface area contributed by atoms with Gasteiger partial charge in [-0.25, -0.2) is 0 Å². The third-order valence-corrected chi connectivity index (χ3v) is 3.02. The van der Waals surface area contributed by atoms with Crippen molar-refractivity contribution in [2.75, 3.05) is 0 Å². The maximum Gasteiger partial charge on any atom is 0.127 e. The van der Waals surface area contributed by atoms with Gasteiger partial charge in [0.2, 0.25) is 0 Å². The Morgan fingerprint density at radius 3 is 2.85 bits per heavy atom. The highest BCUT2D eigenvalue weighted by Crippen LogP contribution is 2.19. The third-order valence-electron chi connectivity index (χ3n) is 1.97. The molecule has 1 aromatic carbocycles. The molecule has 1 unspecified atom stereocenters. The van der Waals surface area contributed by atoms with E-state index in [1.54, 1.807) is 0 Å². The molecule has 3 heteroatoms. The second kappa shape index (κ2) is 4.72. The van der Waals surface area contributed by atoms with Crippen LogP contribution in [0.2, 0.25) is 0 Å². The van der Waals surface area contributed by atoms with E-state index in [1.807, 2.05) is 25.1 Å². The lowest BCUT2D eigenvalue weighted by Crippen LogP contribution is -1.97. The van der Waals surface area contributed by atoms with E-state index in [0.29, 0.717) is 0 Å². The summed E-state index contributed by atoms with van der Waals surface area (Å²) in [5, 5.41) is 9.00. The van der Waals surface area contributed by atoms with E-state index in [4.69, 9.17) is 5.11 Å². The van der Waals surface area contributed by atoms with Crippen molar-refractivity contribution >= 4 is 28.9 Å². The number of carbonyl (C=O) groups excluding carboxylic acids is 1. The van der Waals surface area contributed by atoms with Crippen molar-refractivity contribution in [3.05, 3.63) is 32.9 Å². The number of aliphatic hydroxyl groups excluding tert-OH is 1. The fourth-order valence-corrected chi connectivity index (χ4v) is 1.58. The van der Waals surface area contributed by atoms with E-state index in [1.165, 1.54) is 0 Å². The smallest absolute Gasteiger partial charge is 0.127 e. The number of benzene rings is 1. The number of aldehydes is 1. The Balaban J connectivity index is 3.05. The molecule has 0 amide bonds. The molecule has 0 aromatic heterocycles. The Kier molecular flexibility index (Phi) is 3.87. The van der Waals surface area contributed by atoms with E-state index >= 15 is 0 Å². The highest BCUT2D eigenvalue weighted by molar-refractivity contribution is 14.1. The molecule has 13 heavy (non-hydrogen) atoms. The minimum Gasteiger partial charge on any atom is -0.392 e. The molecular weight excluding hydrogens is 279 g/mol. The van der Waals surface area contributed by atoms with Crippen molar-refractivity contribution in [2.45, 2.75) is 19.4 Å². The van der Waals surface area contributed by atoms with Gasteiger partial charge in [-0.05, 0) is 39.8 Å². The zero-order chi connectivity index (χ0) is 9.84. The summed E-state index contributed by atoms with van der Waals surface area (Å²) in [7, 11) is 0. The van der Waals surface area contributed by atoms with Crippen LogP contribution in [0.1, 0.15) is 24.0 Å². The van der Waals surface area contributed by atoms with E-state index in [0.717, 1.165) is 21.0 Å². The van der Waals surface area contributed by atoms with Crippen LogP contribution in [0.3, 0.4) is 0 Å². The van der Waals surface area contributed by atoms with Gasteiger partial charge in [-0.2, -0.15) is 0 Å². The Morgan fingerprint density at radius 2 is 2.31 bits per heavy atom. The van der Waals surface area contributed by atoms with Gasteiger partial charge in [0.25, 0.3) is 0 Å². The lowest BCUT2D eigenvalue weighted by atomic mass is 10.0. The fraction of sp³-hybridized carbons (Fsp3) is 0.300. The summed E-state index contributed by atoms with van der Waals surface area (Å²) in [6, 6.07) is 5.71. The van der Waals surface area contributed by atoms with E-state index < -0.39 is 0 Å². The van der Waals surface area contributed by atoms with Crippen LogP contribution in [0.15, 0.2) is 18.2 Å². The van der Waals surface area contributed by atoms with Crippen LogP contribution in [-0.4, -0.2) is 11.4 Å². The van der Waals surface area contributed by atoms with Gasteiger partial charge < -0.3 is 9.90 Å². The van der Waals surface area contributed by atoms with Gasteiger partial charge >= 0.3 is 0 Å². The molecule has 0 spiro atoms. The first-order chi connectivity index (χ1) is 6.19. The first-order valence-corrected chi connectivity index (χ1v) is 5.11. The van der Waals surface area contributed by atoms with Crippen molar-refractivity contribution in [1.29, 1.82) is 0 Å². The van der Waals surface area contributed by atoms with E-state index in [2.05, 4.69) is 22.6 Å². The summed E-state index contributed by atoms with van der Waals surface area (Å²) in [4.78, 5) is 10.5. The maximum absolute atomic E-state index is 10.5. The minimum atomic E-state index is -0.0951. The highest BCUT2D eigenvalue weighted by atomic mass is 127. The molecule has 0 aliphatic rings. The predicted octanol–water partition coefficient (Wildman–Crippen LogP) is 2.09. The van der Waals surface area contributed by atoms with Crippen molar-refractivity contribution in [3.8, 4) is 0 Å². The molecule has 1 rings (SSSR count). The Morgan fingerprint density at radius 1 is 1.62 bits per heavy atom. The van der Waals surface area contributed by atoms with Gasteiger partial charge in [-0.1, -0.05) is 19.1 Å². The highest BCUT2D eigenvalue weighted by Gasteiger charge is 2.06. The molecule has 0 bridgehead atoms. The van der Waals surface area contributed by atoms with Gasteiger partial charge in [0.05, 0.1) is 6.61 Å². The average molecular weight is 290 g/mol. The lowest BCUT2D eigenvalue weighted by molar-refractivity contribution is -0.108. The molecule has 0 saturated heterocycles. The monoisotopic (exact) mass is 290 g/mol. The number of hydrogen-bond donors (Lipinski definition) is 1. The summed E-state index contributed by atoms with van der Waals surface area (Å²) < 4.78 is 1.03. The molecular formula is C10H11IO2. The minimum absolute atomic E-state index is 0.0255. The van der Waals surface area contributed by atoms with E-state index in [-0.39, 0.29) is 12.5 Å². The third kappa shape index (κ3) is 2.51. The normalized spacial score (nSPS) is 12.5. The molecule has 0 fully saturated rings. The zero-order valence-corrected chi connectivity index (χ0v) is 9.48. The molecule has 1 atom stereocenters. The number of halogens is 1. The van der Waals surface area contributed by atoms with Crippen LogP contribution in [0, 0.1) is 3.57 Å². The molecule has 0 aliphatic carbocycles. The molecule has 0 heterocycles. The second-order valence-electron chi connectivity index (χ2n) is 2.93. The van der Waals surface area contributed by atoms with Gasteiger partial charge in [0.15, 0.2) is 0 Å². The molecule has 0 saturated carbocycles. The first kappa shape index (κ1) is 10.7. The number of hydrogen-bond acceptors (Lipinski definition) is 2. The van der Waals surface area contributed by atoms with Gasteiger partial charge in [0, 0.05) is 9.49 Å². The quantitative estimate of drug-likeness (QED) is 0.683. The zero-order valence-electron chi connectivity index (χ0n) is 7.33. The van der Waals surface area contributed by atoms with Gasteiger partial charge in [-0.3, -0.25) is 0 Å². The van der Waals surface area contributed by atoms with Crippen molar-refractivity contribution in [2.24, 2.45) is 0 Å². The fourth-order valence-electron chi connectivity index (χ4n) is 1.08. The van der Waals surface area contributed by atoms with Crippen LogP contribution >= 0.6 is 22.6 Å². The standard InChI is InChI=1S/C10H11IO2/c1-7(5-12)8-2-3-10(11)9(4-8)6-13/h2-5,7,13H,6H2,1H3. The van der Waals surface area contributed by atoms with Crippen molar-refractivity contribution in [1.82, 2.24) is 0 Å². The van der Waals surface area contributed by atoms with Gasteiger partial charge in [-0.15, -0.1) is 0 Å². The molecule has 0 aliphatic heterocycles. The first-order valence-electron chi connectivity index (χ1n) is 4.03. The summed E-state index contributed by atoms with van der Waals surface area (Å²) in [5.74, 6) is -0.0951. The van der Waals surface area contributed by atoms with Crippen LogP contribution in [-0.2, 0) is 11.4 Å². The maximum atomic E-state index is 10.5. The van der Waals surface area contributed by atoms with Crippen LogP contribution in [0.5, 0.6) is 0 Å². The molecule has 2 nitrogen and oxygen atoms in total. The molecule has 70 valence electrons. The van der Waals surface area contributed by atoms with Crippen LogP contribution < -0.4 is 0 Å². The van der Waals surface area contributed by atoms with Crippen molar-refractivity contribution in [3.63, 3.8) is 0 Å². The summed E-state index contributed by atoms with van der Waals surface area (Å²) in [6.45, 7) is 1.87. The topological polar surface area (TPSA) is 37.3 Å². The Hall–Kier alpha value is -0.420. The lowest BCUT2D eigenvalue weighted by Gasteiger charge is -2.07. The number of carbonyl (C=O) groups is 1. The van der Waals surface area contributed by atoms with Crippen LogP contribution in [0.4, 0.5) is 0 Å². The molecule has 0 radical (unpaired) electrons. The number of aliphatic hydroxyl groups is 1. The van der Waals surface area contributed by atoms with Crippen molar-refractivity contribution < 1.29 is 9.90 Å². The molecule has 1 N–H and O–H groups in total. The Bertz CT molecular complexity index is 310. The van der Waals surface area contributed by atoms with Gasteiger partial charge in [0.1, 0.15) is 6.29 Å². The largest absolute Gasteiger partial charge is 0.392 e. The summed E-state index contributed by atoms with van der Waals surface area (Å²) >= 11 is 2.16. The predicted molar refractivity (Wildman–Crippen MR) is 59.6 cm³/mol. The average Bonchev–Trinajstić information content (AvgIpc) is 2.17. The summed E-state index contributed by atoms with van der Waals surface area (Å²) in [5.41, 5.74) is 1.84. The molecule has 1 aromatic rings. The summed E-state index contributed by atoms with van der Waals surface area (Å²) in [6.07, 6.45) is 0.906. The van der Waals surface area contributed by atoms with E-state index in [9.17, 15) is 4.79 Å². The Labute approximate surface area is 91.1 Å². The van der Waals surface area contributed by atoms with Crippen LogP contribution in [0.25, 0.3) is 0 Å². The second-order valence-corrected chi connectivity index (χ2v) is 4.10.